The molecule has 0 aliphatic rings. The van der Waals surface area contributed by atoms with Crippen molar-refractivity contribution in [1.29, 1.82) is 0 Å². The number of anilines is 1. The van der Waals surface area contributed by atoms with E-state index in [1.54, 1.807) is 40.2 Å². The number of amides is 1. The second kappa shape index (κ2) is 12.8. The summed E-state index contributed by atoms with van der Waals surface area (Å²) in [7, 11) is 3.17. The lowest BCUT2D eigenvalue weighted by Crippen LogP contribution is -2.28. The molecule has 0 aliphatic heterocycles. The Bertz CT molecular complexity index is 1220. The first-order chi connectivity index (χ1) is 17.4. The van der Waals surface area contributed by atoms with Gasteiger partial charge in [0.2, 0.25) is 0 Å². The molecular weight excluding hydrogens is 476 g/mol. The summed E-state index contributed by atoms with van der Waals surface area (Å²) < 4.78 is 12.6. The predicted molar refractivity (Wildman–Crippen MR) is 144 cm³/mol. The van der Waals surface area contributed by atoms with Crippen LogP contribution in [0.5, 0.6) is 11.5 Å². The van der Waals surface area contributed by atoms with E-state index in [0.29, 0.717) is 35.5 Å². The Morgan fingerprint density at radius 2 is 1.94 bits per heavy atom. The van der Waals surface area contributed by atoms with Gasteiger partial charge in [0.05, 0.1) is 31.7 Å². The highest BCUT2D eigenvalue weighted by atomic mass is 32.2. The molecule has 0 bridgehead atoms. The SMILES string of the molecule is C=CCn1c(CNc2ccc(C)cc2)nnc1SC(C)C(=O)N/N=C(/C)c1ccc(OC)cc1OC. The van der Waals surface area contributed by atoms with Crippen LogP contribution in [0, 0.1) is 6.92 Å². The third kappa shape index (κ3) is 6.88. The van der Waals surface area contributed by atoms with Crippen LogP contribution in [0.4, 0.5) is 5.69 Å². The fraction of sp³-hybridized carbons (Fsp3) is 0.308. The van der Waals surface area contributed by atoms with Gasteiger partial charge >= 0.3 is 0 Å². The molecule has 3 rings (SSSR count). The minimum Gasteiger partial charge on any atom is -0.497 e. The highest BCUT2D eigenvalue weighted by Gasteiger charge is 2.20. The number of allylic oxidation sites excluding steroid dienone is 1. The molecule has 2 aromatic carbocycles. The van der Waals surface area contributed by atoms with Crippen molar-refractivity contribution in [3.8, 4) is 11.5 Å². The fourth-order valence-corrected chi connectivity index (χ4v) is 4.17. The molecule has 0 fully saturated rings. The lowest BCUT2D eigenvalue weighted by molar-refractivity contribution is -0.120. The Kier molecular flexibility index (Phi) is 9.52. The number of nitrogens with zero attached hydrogens (tertiary/aromatic N) is 4. The zero-order valence-electron chi connectivity index (χ0n) is 21.2. The van der Waals surface area contributed by atoms with Crippen LogP contribution in [0.25, 0.3) is 0 Å². The smallest absolute Gasteiger partial charge is 0.253 e. The maximum atomic E-state index is 12.8. The third-order valence-corrected chi connectivity index (χ3v) is 6.47. The summed E-state index contributed by atoms with van der Waals surface area (Å²) in [5, 5.41) is 16.4. The average molecular weight is 509 g/mol. The zero-order chi connectivity index (χ0) is 26.1. The lowest BCUT2D eigenvalue weighted by Gasteiger charge is -2.13. The number of carbonyl (C=O) groups is 1. The number of aromatic nitrogens is 3. The van der Waals surface area contributed by atoms with Gasteiger partial charge < -0.3 is 19.4 Å². The maximum absolute atomic E-state index is 12.8. The molecular formula is C26H32N6O3S. The van der Waals surface area contributed by atoms with E-state index in [4.69, 9.17) is 9.47 Å². The Morgan fingerprint density at radius 3 is 2.61 bits per heavy atom. The Labute approximate surface area is 216 Å². The van der Waals surface area contributed by atoms with Gasteiger partial charge in [0.15, 0.2) is 11.0 Å². The van der Waals surface area contributed by atoms with Gasteiger partial charge in [-0.15, -0.1) is 16.8 Å². The molecule has 9 nitrogen and oxygen atoms in total. The molecule has 1 atom stereocenters. The zero-order valence-corrected chi connectivity index (χ0v) is 22.1. The van der Waals surface area contributed by atoms with Crippen molar-refractivity contribution in [2.75, 3.05) is 19.5 Å². The van der Waals surface area contributed by atoms with Gasteiger partial charge in [-0.2, -0.15) is 5.10 Å². The van der Waals surface area contributed by atoms with E-state index in [9.17, 15) is 4.79 Å². The first-order valence-electron chi connectivity index (χ1n) is 11.4. The number of carbonyl (C=O) groups excluding carboxylic acids is 1. The summed E-state index contributed by atoms with van der Waals surface area (Å²) in [6.07, 6.45) is 1.78. The second-order valence-corrected chi connectivity index (χ2v) is 9.33. The van der Waals surface area contributed by atoms with Crippen molar-refractivity contribution in [1.82, 2.24) is 20.2 Å². The monoisotopic (exact) mass is 508 g/mol. The summed E-state index contributed by atoms with van der Waals surface area (Å²) in [5.74, 6) is 1.79. The number of ether oxygens (including phenoxy) is 2. The molecule has 0 radical (unpaired) electrons. The van der Waals surface area contributed by atoms with E-state index in [1.165, 1.54) is 17.3 Å². The standard InChI is InChI=1S/C26H32N6O3S/c1-7-14-32-24(16-27-20-10-8-17(2)9-11-20)29-31-26(32)36-19(4)25(33)30-28-18(3)22-13-12-21(34-5)15-23(22)35-6/h7-13,15,19,27H,1,14,16H2,2-6H3,(H,30,33)/b28-18-. The van der Waals surface area contributed by atoms with Crippen LogP contribution in [-0.2, 0) is 17.9 Å². The van der Waals surface area contributed by atoms with E-state index in [2.05, 4.69) is 32.6 Å². The fourth-order valence-electron chi connectivity index (χ4n) is 3.30. The number of hydrazone groups is 1. The minimum atomic E-state index is -0.454. The van der Waals surface area contributed by atoms with E-state index >= 15 is 0 Å². The van der Waals surface area contributed by atoms with Crippen LogP contribution in [0.3, 0.4) is 0 Å². The molecule has 1 amide bonds. The first kappa shape index (κ1) is 26.8. The quantitative estimate of drug-likeness (QED) is 0.162. The Hall–Kier alpha value is -3.79. The maximum Gasteiger partial charge on any atom is 0.253 e. The molecule has 190 valence electrons. The molecule has 0 saturated heterocycles. The van der Waals surface area contributed by atoms with Gasteiger partial charge in [0.1, 0.15) is 11.5 Å². The molecule has 10 heteroatoms. The van der Waals surface area contributed by atoms with Gasteiger partial charge in [-0.25, -0.2) is 5.43 Å². The first-order valence-corrected chi connectivity index (χ1v) is 12.3. The van der Waals surface area contributed by atoms with E-state index in [1.807, 2.05) is 47.9 Å². The summed E-state index contributed by atoms with van der Waals surface area (Å²) in [6, 6.07) is 13.6. The molecule has 0 saturated carbocycles. The van der Waals surface area contributed by atoms with Crippen LogP contribution < -0.4 is 20.2 Å². The highest BCUT2D eigenvalue weighted by molar-refractivity contribution is 8.00. The van der Waals surface area contributed by atoms with E-state index < -0.39 is 5.25 Å². The molecule has 0 aliphatic carbocycles. The topological polar surface area (TPSA) is 103 Å². The van der Waals surface area contributed by atoms with Gasteiger partial charge in [-0.3, -0.25) is 4.79 Å². The van der Waals surface area contributed by atoms with Gasteiger partial charge in [-0.1, -0.05) is 35.5 Å². The average Bonchev–Trinajstić information content (AvgIpc) is 3.27. The molecule has 2 N–H and O–H groups in total. The predicted octanol–water partition coefficient (Wildman–Crippen LogP) is 4.42. The van der Waals surface area contributed by atoms with Crippen molar-refractivity contribution in [2.45, 2.75) is 44.3 Å². The number of aryl methyl sites for hydroxylation is 1. The van der Waals surface area contributed by atoms with Crippen LogP contribution in [0.2, 0.25) is 0 Å². The Balaban J connectivity index is 1.65. The number of rotatable bonds is 12. The van der Waals surface area contributed by atoms with E-state index in [-0.39, 0.29) is 5.91 Å². The van der Waals surface area contributed by atoms with Crippen molar-refractivity contribution in [3.63, 3.8) is 0 Å². The number of hydrogen-bond acceptors (Lipinski definition) is 8. The second-order valence-electron chi connectivity index (χ2n) is 8.02. The summed E-state index contributed by atoms with van der Waals surface area (Å²) in [4.78, 5) is 12.8. The summed E-state index contributed by atoms with van der Waals surface area (Å²) in [6.45, 7) is 10.5. The van der Waals surface area contributed by atoms with Crippen molar-refractivity contribution in [2.24, 2.45) is 5.10 Å². The largest absolute Gasteiger partial charge is 0.497 e. The van der Waals surface area contributed by atoms with Crippen LogP contribution in [0.1, 0.15) is 30.8 Å². The number of benzene rings is 2. The highest BCUT2D eigenvalue weighted by Crippen LogP contribution is 2.26. The molecule has 1 unspecified atom stereocenters. The molecule has 1 heterocycles. The molecule has 36 heavy (non-hydrogen) atoms. The number of hydrogen-bond donors (Lipinski definition) is 2. The van der Waals surface area contributed by atoms with Crippen molar-refractivity contribution < 1.29 is 14.3 Å². The number of nitrogens with one attached hydrogen (secondary N) is 2. The van der Waals surface area contributed by atoms with Gasteiger partial charge in [-0.05, 0) is 45.0 Å². The molecule has 0 spiro atoms. The minimum absolute atomic E-state index is 0.251. The van der Waals surface area contributed by atoms with Gasteiger partial charge in [0.25, 0.3) is 5.91 Å². The van der Waals surface area contributed by atoms with E-state index in [0.717, 1.165) is 17.1 Å². The Morgan fingerprint density at radius 1 is 1.19 bits per heavy atom. The normalized spacial score (nSPS) is 12.1. The number of thioether (sulfide) groups is 1. The molecule has 3 aromatic rings. The van der Waals surface area contributed by atoms with Crippen LogP contribution in [0.15, 0.2) is 65.4 Å². The summed E-state index contributed by atoms with van der Waals surface area (Å²) in [5.41, 5.74) is 6.21. The summed E-state index contributed by atoms with van der Waals surface area (Å²) >= 11 is 1.31. The number of methoxy groups -OCH3 is 2. The lowest BCUT2D eigenvalue weighted by atomic mass is 10.1. The van der Waals surface area contributed by atoms with Crippen LogP contribution in [-0.4, -0.2) is 45.9 Å². The van der Waals surface area contributed by atoms with Gasteiger partial charge in [0, 0.05) is 23.9 Å². The van der Waals surface area contributed by atoms with Crippen molar-refractivity contribution >= 4 is 29.1 Å². The van der Waals surface area contributed by atoms with Crippen molar-refractivity contribution in [3.05, 3.63) is 72.1 Å². The van der Waals surface area contributed by atoms with Crippen LogP contribution >= 0.6 is 11.8 Å². The third-order valence-electron chi connectivity index (χ3n) is 5.39. The molecule has 1 aromatic heterocycles.